The summed E-state index contributed by atoms with van der Waals surface area (Å²) in [6, 6.07) is 20.0. The normalized spacial score (nSPS) is 10.3. The van der Waals surface area contributed by atoms with E-state index in [1.165, 1.54) is 17.2 Å². The first-order valence-electron chi connectivity index (χ1n) is 9.06. The van der Waals surface area contributed by atoms with Crippen LogP contribution in [0.1, 0.15) is 21.6 Å². The first-order valence-corrected chi connectivity index (χ1v) is 9.06. The number of aromatic nitrogens is 1. The number of nitrogens with two attached hydrogens (primary N) is 1. The molecule has 0 radical (unpaired) electrons. The Morgan fingerprint density at radius 2 is 1.62 bits per heavy atom. The van der Waals surface area contributed by atoms with E-state index in [4.69, 9.17) is 10.5 Å². The van der Waals surface area contributed by atoms with Gasteiger partial charge in [0, 0.05) is 13.1 Å². The van der Waals surface area contributed by atoms with Crippen LogP contribution in [0.25, 0.3) is 0 Å². The molecule has 0 bridgehead atoms. The van der Waals surface area contributed by atoms with Crippen LogP contribution in [0.4, 0.5) is 4.79 Å². The van der Waals surface area contributed by atoms with Gasteiger partial charge in [-0.15, -0.1) is 0 Å². The van der Waals surface area contributed by atoms with Gasteiger partial charge in [-0.3, -0.25) is 4.79 Å². The number of amides is 2. The molecular formula is C22H21N3O4. The lowest BCUT2D eigenvalue weighted by Gasteiger charge is -2.19. The smallest absolute Gasteiger partial charge is 0.407 e. The third-order valence-corrected chi connectivity index (χ3v) is 4.31. The van der Waals surface area contributed by atoms with Crippen LogP contribution in [0.15, 0.2) is 72.9 Å². The van der Waals surface area contributed by atoms with E-state index < -0.39 is 12.0 Å². The maximum atomic E-state index is 11.6. The van der Waals surface area contributed by atoms with E-state index in [1.807, 2.05) is 42.5 Å². The van der Waals surface area contributed by atoms with Crippen molar-refractivity contribution in [2.75, 3.05) is 6.54 Å². The molecule has 3 aromatic rings. The Labute approximate surface area is 168 Å². The molecule has 0 aliphatic carbocycles. The van der Waals surface area contributed by atoms with Gasteiger partial charge in [0.15, 0.2) is 0 Å². The number of primary amides is 1. The molecule has 0 spiro atoms. The fraction of sp³-hybridized carbons (Fsp3) is 0.136. The molecule has 0 saturated carbocycles. The first-order chi connectivity index (χ1) is 14.0. The molecule has 29 heavy (non-hydrogen) atoms. The van der Waals surface area contributed by atoms with Crippen molar-refractivity contribution in [2.45, 2.75) is 13.0 Å². The lowest BCUT2D eigenvalue weighted by atomic mass is 10.1. The van der Waals surface area contributed by atoms with Crippen LogP contribution in [0, 0.1) is 0 Å². The van der Waals surface area contributed by atoms with Gasteiger partial charge < -0.3 is 20.5 Å². The maximum absolute atomic E-state index is 11.6. The van der Waals surface area contributed by atoms with Gasteiger partial charge in [0.25, 0.3) is 5.91 Å². The number of hydrogen-bond acceptors (Lipinski definition) is 4. The highest BCUT2D eigenvalue weighted by atomic mass is 16.5. The van der Waals surface area contributed by atoms with Crippen LogP contribution in [-0.2, 0) is 13.0 Å². The Morgan fingerprint density at radius 1 is 0.931 bits per heavy atom. The molecule has 0 atom stereocenters. The molecule has 0 aliphatic heterocycles. The molecule has 1 heterocycles. The van der Waals surface area contributed by atoms with Crippen LogP contribution in [-0.4, -0.2) is 33.5 Å². The molecule has 0 aliphatic rings. The summed E-state index contributed by atoms with van der Waals surface area (Å²) in [6.07, 6.45) is 1.12. The van der Waals surface area contributed by atoms with Crippen molar-refractivity contribution in [3.63, 3.8) is 0 Å². The Morgan fingerprint density at radius 3 is 2.21 bits per heavy atom. The number of pyridine rings is 1. The van der Waals surface area contributed by atoms with Crippen molar-refractivity contribution in [1.29, 1.82) is 0 Å². The summed E-state index contributed by atoms with van der Waals surface area (Å²) in [4.78, 5) is 27.9. The SMILES string of the molecule is NC(=O)c1ccc(Oc2ccc(CN(CCc3ccccc3)C(=O)O)cc2)cn1. The molecule has 7 heteroatoms. The number of carbonyl (C=O) groups is 2. The van der Waals surface area contributed by atoms with Gasteiger partial charge in [0.1, 0.15) is 17.2 Å². The minimum Gasteiger partial charge on any atom is -0.465 e. The van der Waals surface area contributed by atoms with Crippen molar-refractivity contribution in [1.82, 2.24) is 9.88 Å². The zero-order valence-corrected chi connectivity index (χ0v) is 15.7. The predicted octanol–water partition coefficient (Wildman–Crippen LogP) is 3.70. The fourth-order valence-electron chi connectivity index (χ4n) is 2.76. The summed E-state index contributed by atoms with van der Waals surface area (Å²) >= 11 is 0. The van der Waals surface area contributed by atoms with E-state index in [2.05, 4.69) is 4.98 Å². The molecule has 0 saturated heterocycles. The molecule has 0 unspecified atom stereocenters. The quantitative estimate of drug-likeness (QED) is 0.609. The summed E-state index contributed by atoms with van der Waals surface area (Å²) in [5, 5.41) is 9.48. The van der Waals surface area contributed by atoms with Crippen LogP contribution in [0.2, 0.25) is 0 Å². The number of rotatable bonds is 8. The third kappa shape index (κ3) is 5.80. The molecule has 1 aromatic heterocycles. The van der Waals surface area contributed by atoms with Gasteiger partial charge in [0.05, 0.1) is 6.20 Å². The Balaban J connectivity index is 1.59. The van der Waals surface area contributed by atoms with E-state index in [9.17, 15) is 14.7 Å². The second-order valence-electron chi connectivity index (χ2n) is 6.43. The largest absolute Gasteiger partial charge is 0.465 e. The van der Waals surface area contributed by atoms with Crippen molar-refractivity contribution >= 4 is 12.0 Å². The van der Waals surface area contributed by atoms with Gasteiger partial charge in [-0.2, -0.15) is 0 Å². The molecule has 3 rings (SSSR count). The Bertz CT molecular complexity index is 958. The molecule has 148 valence electrons. The van der Waals surface area contributed by atoms with Crippen LogP contribution >= 0.6 is 0 Å². The fourth-order valence-corrected chi connectivity index (χ4v) is 2.76. The van der Waals surface area contributed by atoms with Crippen LogP contribution in [0.3, 0.4) is 0 Å². The summed E-state index contributed by atoms with van der Waals surface area (Å²) in [7, 11) is 0. The Hall–Kier alpha value is -3.87. The lowest BCUT2D eigenvalue weighted by molar-refractivity contribution is 0.0995. The van der Waals surface area contributed by atoms with Crippen molar-refractivity contribution < 1.29 is 19.4 Å². The van der Waals surface area contributed by atoms with Crippen LogP contribution in [0.5, 0.6) is 11.5 Å². The molecule has 7 nitrogen and oxygen atoms in total. The number of hydrogen-bond donors (Lipinski definition) is 2. The number of carboxylic acid groups (broad SMARTS) is 1. The Kier molecular flexibility index (Phi) is 6.42. The van der Waals surface area contributed by atoms with Gasteiger partial charge in [-0.25, -0.2) is 9.78 Å². The minimum absolute atomic E-state index is 0.164. The van der Waals surface area contributed by atoms with E-state index in [1.54, 1.807) is 18.2 Å². The van der Waals surface area contributed by atoms with E-state index >= 15 is 0 Å². The lowest BCUT2D eigenvalue weighted by Crippen LogP contribution is -2.30. The predicted molar refractivity (Wildman–Crippen MR) is 108 cm³/mol. The van der Waals surface area contributed by atoms with Crippen molar-refractivity contribution in [3.8, 4) is 11.5 Å². The number of benzene rings is 2. The summed E-state index contributed by atoms with van der Waals surface area (Å²) < 4.78 is 5.68. The maximum Gasteiger partial charge on any atom is 0.407 e. The molecular weight excluding hydrogens is 370 g/mol. The van der Waals surface area contributed by atoms with Gasteiger partial charge >= 0.3 is 6.09 Å². The van der Waals surface area contributed by atoms with Gasteiger partial charge in [-0.1, -0.05) is 42.5 Å². The van der Waals surface area contributed by atoms with Gasteiger partial charge in [-0.05, 0) is 41.8 Å². The highest BCUT2D eigenvalue weighted by Crippen LogP contribution is 2.21. The summed E-state index contributed by atoms with van der Waals surface area (Å²) in [5.41, 5.74) is 7.28. The topological polar surface area (TPSA) is 106 Å². The molecule has 2 amide bonds. The standard InChI is InChI=1S/C22H21N3O4/c23-21(26)20-11-10-19(14-24-20)29-18-8-6-17(7-9-18)15-25(22(27)28)13-12-16-4-2-1-3-5-16/h1-11,14H,12-13,15H2,(H2,23,26)(H,27,28). The second kappa shape index (κ2) is 9.36. The zero-order chi connectivity index (χ0) is 20.6. The zero-order valence-electron chi connectivity index (χ0n) is 15.7. The number of ether oxygens (including phenoxy) is 1. The van der Waals surface area contributed by atoms with E-state index in [0.29, 0.717) is 24.5 Å². The number of nitrogens with zero attached hydrogens (tertiary/aromatic N) is 2. The monoisotopic (exact) mass is 391 g/mol. The highest BCUT2D eigenvalue weighted by Gasteiger charge is 2.12. The number of carbonyl (C=O) groups excluding carboxylic acids is 1. The second-order valence-corrected chi connectivity index (χ2v) is 6.43. The summed E-state index contributed by atoms with van der Waals surface area (Å²) in [6.45, 7) is 0.701. The van der Waals surface area contributed by atoms with Crippen molar-refractivity contribution in [3.05, 3.63) is 89.7 Å². The minimum atomic E-state index is -0.957. The third-order valence-electron chi connectivity index (χ3n) is 4.31. The van der Waals surface area contributed by atoms with Crippen LogP contribution < -0.4 is 10.5 Å². The molecule has 3 N–H and O–H groups in total. The molecule has 2 aromatic carbocycles. The first kappa shape index (κ1) is 19.9. The van der Waals surface area contributed by atoms with E-state index in [-0.39, 0.29) is 12.2 Å². The average Bonchev–Trinajstić information content (AvgIpc) is 2.73. The average molecular weight is 391 g/mol. The molecule has 0 fully saturated rings. The van der Waals surface area contributed by atoms with Crippen molar-refractivity contribution in [2.24, 2.45) is 5.73 Å². The highest BCUT2D eigenvalue weighted by molar-refractivity contribution is 5.90. The van der Waals surface area contributed by atoms with E-state index in [0.717, 1.165) is 11.1 Å². The van der Waals surface area contributed by atoms with Gasteiger partial charge in [0.2, 0.25) is 0 Å². The summed E-state index contributed by atoms with van der Waals surface area (Å²) in [5.74, 6) is 0.447.